The molecular weight excluding hydrogens is 288 g/mol. The van der Waals surface area contributed by atoms with Crippen molar-refractivity contribution in [2.75, 3.05) is 6.54 Å². The van der Waals surface area contributed by atoms with E-state index in [0.29, 0.717) is 5.56 Å². The molecule has 1 aliphatic rings. The van der Waals surface area contributed by atoms with Crippen LogP contribution in [0.25, 0.3) is 0 Å². The maximum absolute atomic E-state index is 13.2. The Hall–Kier alpha value is -2.00. The number of nitrogens with two attached hydrogens (primary N) is 1. The molecule has 118 valence electrons. The summed E-state index contributed by atoms with van der Waals surface area (Å²) in [6, 6.07) is 5.70. The normalized spacial score (nSPS) is 18.1. The minimum Gasteiger partial charge on any atom is -0.333 e. The highest BCUT2D eigenvalue weighted by atomic mass is 19.2. The van der Waals surface area contributed by atoms with Crippen LogP contribution in [-0.2, 0) is 4.79 Å². The Kier molecular flexibility index (Phi) is 4.77. The average molecular weight is 308 g/mol. The van der Waals surface area contributed by atoms with Crippen LogP contribution in [0.2, 0.25) is 0 Å². The zero-order valence-electron chi connectivity index (χ0n) is 12.7. The van der Waals surface area contributed by atoms with Gasteiger partial charge in [-0.25, -0.2) is 8.78 Å². The van der Waals surface area contributed by atoms with E-state index in [1.165, 1.54) is 6.07 Å². The van der Waals surface area contributed by atoms with Crippen LogP contribution in [0.15, 0.2) is 18.2 Å². The standard InChI is InChI=1S/C16H19F2N3O/c1-10(11-3-6-13(17)14(18)7-11)20-8-15(22)21-16(2,9-19)12-4-5-12/h3,6-7,10,12,20H,4-5,8H2,1-2H3,(H,21,22)/p+1/t10-,16+/m0/s1. The highest BCUT2D eigenvalue weighted by molar-refractivity contribution is 5.78. The van der Waals surface area contributed by atoms with Gasteiger partial charge in [0, 0.05) is 5.56 Å². The molecule has 1 aliphatic carbocycles. The number of hydrogen-bond donors (Lipinski definition) is 2. The van der Waals surface area contributed by atoms with Crippen LogP contribution < -0.4 is 10.6 Å². The molecular formula is C16H20F2N3O+. The number of nitriles is 1. The van der Waals surface area contributed by atoms with Gasteiger partial charge < -0.3 is 10.6 Å². The topological polar surface area (TPSA) is 69.5 Å². The van der Waals surface area contributed by atoms with Crippen molar-refractivity contribution in [1.82, 2.24) is 5.32 Å². The zero-order chi connectivity index (χ0) is 16.3. The van der Waals surface area contributed by atoms with Crippen molar-refractivity contribution < 1.29 is 18.9 Å². The van der Waals surface area contributed by atoms with Crippen molar-refractivity contribution >= 4 is 5.91 Å². The first-order chi connectivity index (χ1) is 10.4. The fourth-order valence-electron chi connectivity index (χ4n) is 2.44. The predicted molar refractivity (Wildman–Crippen MR) is 76.5 cm³/mol. The molecule has 0 heterocycles. The summed E-state index contributed by atoms with van der Waals surface area (Å²) >= 11 is 0. The Labute approximate surface area is 128 Å². The quantitative estimate of drug-likeness (QED) is 0.834. The molecule has 2 rings (SSSR count). The number of amides is 1. The Bertz CT molecular complexity index is 610. The molecule has 1 aromatic rings. The summed E-state index contributed by atoms with van der Waals surface area (Å²) in [5, 5.41) is 13.7. The third-order valence-corrected chi connectivity index (χ3v) is 4.15. The van der Waals surface area contributed by atoms with Crippen molar-refractivity contribution in [3.05, 3.63) is 35.4 Å². The van der Waals surface area contributed by atoms with Gasteiger partial charge in [-0.05, 0) is 50.8 Å². The molecule has 3 N–H and O–H groups in total. The second-order valence-corrected chi connectivity index (χ2v) is 6.04. The van der Waals surface area contributed by atoms with Crippen LogP contribution in [-0.4, -0.2) is 18.0 Å². The number of quaternary nitrogens is 1. The number of rotatable bonds is 6. The van der Waals surface area contributed by atoms with Crippen LogP contribution in [0, 0.1) is 28.9 Å². The van der Waals surface area contributed by atoms with E-state index in [0.717, 1.165) is 25.0 Å². The van der Waals surface area contributed by atoms with Gasteiger partial charge in [-0.15, -0.1) is 0 Å². The van der Waals surface area contributed by atoms with Gasteiger partial charge in [-0.2, -0.15) is 5.26 Å². The molecule has 0 aromatic heterocycles. The Morgan fingerprint density at radius 2 is 2.18 bits per heavy atom. The van der Waals surface area contributed by atoms with E-state index in [2.05, 4.69) is 11.4 Å². The molecule has 4 nitrogen and oxygen atoms in total. The third kappa shape index (κ3) is 3.80. The van der Waals surface area contributed by atoms with E-state index in [4.69, 9.17) is 0 Å². The monoisotopic (exact) mass is 308 g/mol. The highest BCUT2D eigenvalue weighted by Crippen LogP contribution is 2.39. The molecule has 0 bridgehead atoms. The number of benzene rings is 1. The lowest BCUT2D eigenvalue weighted by Crippen LogP contribution is -2.87. The summed E-state index contributed by atoms with van der Waals surface area (Å²) in [5.74, 6) is -1.79. The minimum atomic E-state index is -0.895. The van der Waals surface area contributed by atoms with Crippen molar-refractivity contribution in [3.63, 3.8) is 0 Å². The lowest BCUT2D eigenvalue weighted by atomic mass is 9.98. The first-order valence-electron chi connectivity index (χ1n) is 7.36. The Morgan fingerprint density at radius 1 is 1.50 bits per heavy atom. The number of nitrogens with zero attached hydrogens (tertiary/aromatic N) is 1. The van der Waals surface area contributed by atoms with Gasteiger partial charge in [0.2, 0.25) is 0 Å². The third-order valence-electron chi connectivity index (χ3n) is 4.15. The number of carbonyl (C=O) groups excluding carboxylic acids is 1. The molecule has 1 amide bonds. The van der Waals surface area contributed by atoms with Crippen LogP contribution >= 0.6 is 0 Å². The van der Waals surface area contributed by atoms with Crippen LogP contribution in [0.3, 0.4) is 0 Å². The van der Waals surface area contributed by atoms with E-state index in [-0.39, 0.29) is 24.4 Å². The fraction of sp³-hybridized carbons (Fsp3) is 0.500. The predicted octanol–water partition coefficient (Wildman–Crippen LogP) is 1.40. The van der Waals surface area contributed by atoms with Crippen LogP contribution in [0.4, 0.5) is 8.78 Å². The van der Waals surface area contributed by atoms with Crippen LogP contribution in [0.1, 0.15) is 38.3 Å². The molecule has 1 fully saturated rings. The summed E-state index contributed by atoms with van der Waals surface area (Å²) in [6.07, 6.45) is 1.92. The van der Waals surface area contributed by atoms with E-state index in [1.54, 1.807) is 12.2 Å². The van der Waals surface area contributed by atoms with Gasteiger partial charge >= 0.3 is 0 Å². The van der Waals surface area contributed by atoms with Crippen molar-refractivity contribution in [3.8, 4) is 6.07 Å². The maximum Gasteiger partial charge on any atom is 0.276 e. The average Bonchev–Trinajstić information content (AvgIpc) is 3.32. The molecule has 0 spiro atoms. The van der Waals surface area contributed by atoms with E-state index in [1.807, 2.05) is 6.92 Å². The number of hydrogen-bond acceptors (Lipinski definition) is 2. The zero-order valence-corrected chi connectivity index (χ0v) is 12.7. The van der Waals surface area contributed by atoms with Crippen molar-refractivity contribution in [2.24, 2.45) is 5.92 Å². The van der Waals surface area contributed by atoms with Crippen LogP contribution in [0.5, 0.6) is 0 Å². The second-order valence-electron chi connectivity index (χ2n) is 6.04. The molecule has 1 aromatic carbocycles. The fourth-order valence-corrected chi connectivity index (χ4v) is 2.44. The second kappa shape index (κ2) is 6.41. The SMILES string of the molecule is C[C@H]([NH2+]CC(=O)N[C@](C)(C#N)C1CC1)c1ccc(F)c(F)c1. The molecule has 0 radical (unpaired) electrons. The van der Waals surface area contributed by atoms with E-state index in [9.17, 15) is 18.8 Å². The van der Waals surface area contributed by atoms with E-state index < -0.39 is 17.2 Å². The van der Waals surface area contributed by atoms with Gasteiger partial charge in [0.15, 0.2) is 18.2 Å². The molecule has 6 heteroatoms. The van der Waals surface area contributed by atoms with Gasteiger partial charge in [-0.1, -0.05) is 0 Å². The first kappa shape index (κ1) is 16.4. The summed E-state index contributed by atoms with van der Waals surface area (Å²) in [6.45, 7) is 3.68. The molecule has 0 unspecified atom stereocenters. The highest BCUT2D eigenvalue weighted by Gasteiger charge is 2.43. The molecule has 22 heavy (non-hydrogen) atoms. The Morgan fingerprint density at radius 3 is 2.73 bits per heavy atom. The Balaban J connectivity index is 1.87. The summed E-state index contributed by atoms with van der Waals surface area (Å²) in [7, 11) is 0. The molecule has 0 aliphatic heterocycles. The van der Waals surface area contributed by atoms with Crippen molar-refractivity contribution in [1.29, 1.82) is 5.26 Å². The lowest BCUT2D eigenvalue weighted by Gasteiger charge is -2.22. The number of halogens is 2. The minimum absolute atomic E-state index is 0.129. The largest absolute Gasteiger partial charge is 0.333 e. The molecule has 2 atom stereocenters. The summed E-state index contributed by atoms with van der Waals surface area (Å²) in [4.78, 5) is 12.0. The number of carbonyl (C=O) groups is 1. The smallest absolute Gasteiger partial charge is 0.276 e. The summed E-state index contributed by atoms with van der Waals surface area (Å²) in [5.41, 5.74) is -0.201. The van der Waals surface area contributed by atoms with Gasteiger partial charge in [-0.3, -0.25) is 4.79 Å². The number of nitrogens with one attached hydrogen (secondary N) is 1. The van der Waals surface area contributed by atoms with Gasteiger partial charge in [0.1, 0.15) is 11.6 Å². The summed E-state index contributed by atoms with van der Waals surface area (Å²) < 4.78 is 26.1. The van der Waals surface area contributed by atoms with Gasteiger partial charge in [0.05, 0.1) is 6.07 Å². The van der Waals surface area contributed by atoms with Crippen molar-refractivity contribution in [2.45, 2.75) is 38.3 Å². The molecule has 0 saturated heterocycles. The van der Waals surface area contributed by atoms with E-state index >= 15 is 0 Å². The molecule has 1 saturated carbocycles. The lowest BCUT2D eigenvalue weighted by molar-refractivity contribution is -0.682. The maximum atomic E-state index is 13.2. The van der Waals surface area contributed by atoms with Gasteiger partial charge in [0.25, 0.3) is 5.91 Å². The first-order valence-corrected chi connectivity index (χ1v) is 7.36.